The lowest BCUT2D eigenvalue weighted by Gasteiger charge is -1.95. The number of halogens is 1. The molecule has 0 aromatic carbocycles. The number of hydrazone groups is 1. The van der Waals surface area contributed by atoms with E-state index >= 15 is 0 Å². The molecule has 0 saturated heterocycles. The van der Waals surface area contributed by atoms with Crippen LogP contribution in [0.25, 0.3) is 0 Å². The number of amides is 1. The summed E-state index contributed by atoms with van der Waals surface area (Å²) in [5.41, 5.74) is 3.74. The standard InChI is InChI=1S/C13H15FN4OS/c1-4-10-5-9(7-20-10)13(19)16-15-6-11-8(2)17-18(3)12(11)14/h5-7H,4H2,1-3H3,(H,16,19)/b15-6+. The van der Waals surface area contributed by atoms with Crippen molar-refractivity contribution in [1.82, 2.24) is 15.2 Å². The van der Waals surface area contributed by atoms with Crippen molar-refractivity contribution in [3.63, 3.8) is 0 Å². The van der Waals surface area contributed by atoms with E-state index < -0.39 is 5.95 Å². The molecule has 1 N–H and O–H groups in total. The highest BCUT2D eigenvalue weighted by atomic mass is 32.1. The van der Waals surface area contributed by atoms with E-state index in [1.54, 1.807) is 12.3 Å². The Kier molecular flexibility index (Phi) is 4.29. The Labute approximate surface area is 120 Å². The molecule has 0 atom stereocenters. The van der Waals surface area contributed by atoms with Gasteiger partial charge in [0.15, 0.2) is 0 Å². The first-order valence-corrected chi connectivity index (χ1v) is 7.00. The largest absolute Gasteiger partial charge is 0.272 e. The predicted molar refractivity (Wildman–Crippen MR) is 76.7 cm³/mol. The number of aryl methyl sites for hydroxylation is 3. The molecule has 0 spiro atoms. The first-order chi connectivity index (χ1) is 9.52. The lowest BCUT2D eigenvalue weighted by molar-refractivity contribution is 0.0955. The molecular formula is C13H15FN4OS. The molecular weight excluding hydrogens is 279 g/mol. The fourth-order valence-corrected chi connectivity index (χ4v) is 2.51. The third-order valence-electron chi connectivity index (χ3n) is 2.82. The summed E-state index contributed by atoms with van der Waals surface area (Å²) in [6, 6.07) is 1.82. The van der Waals surface area contributed by atoms with E-state index in [1.165, 1.54) is 24.6 Å². The quantitative estimate of drug-likeness (QED) is 0.694. The molecule has 0 saturated carbocycles. The first-order valence-electron chi connectivity index (χ1n) is 6.12. The Bertz CT molecular complexity index is 659. The van der Waals surface area contributed by atoms with E-state index in [2.05, 4.69) is 15.6 Å². The van der Waals surface area contributed by atoms with Gasteiger partial charge in [-0.2, -0.15) is 14.6 Å². The number of rotatable bonds is 4. The summed E-state index contributed by atoms with van der Waals surface area (Å²) < 4.78 is 14.7. The van der Waals surface area contributed by atoms with Gasteiger partial charge < -0.3 is 0 Å². The van der Waals surface area contributed by atoms with Crippen molar-refractivity contribution in [2.45, 2.75) is 20.3 Å². The third kappa shape index (κ3) is 2.93. The lowest BCUT2D eigenvalue weighted by atomic mass is 10.3. The molecule has 2 aromatic heterocycles. The van der Waals surface area contributed by atoms with Crippen LogP contribution in [0.4, 0.5) is 4.39 Å². The topological polar surface area (TPSA) is 59.3 Å². The average molecular weight is 294 g/mol. The van der Waals surface area contributed by atoms with Gasteiger partial charge in [0.05, 0.1) is 23.0 Å². The Morgan fingerprint density at radius 1 is 1.65 bits per heavy atom. The van der Waals surface area contributed by atoms with Gasteiger partial charge in [0.25, 0.3) is 5.91 Å². The molecule has 0 radical (unpaired) electrons. The summed E-state index contributed by atoms with van der Waals surface area (Å²) in [6.07, 6.45) is 2.16. The fourth-order valence-electron chi connectivity index (χ4n) is 1.70. The second-order valence-corrected chi connectivity index (χ2v) is 5.26. The normalized spacial score (nSPS) is 11.2. The minimum absolute atomic E-state index is 0.271. The van der Waals surface area contributed by atoms with E-state index in [1.807, 2.05) is 13.0 Å². The summed E-state index contributed by atoms with van der Waals surface area (Å²) in [7, 11) is 1.51. The number of thiophene rings is 1. The summed E-state index contributed by atoms with van der Waals surface area (Å²) in [6.45, 7) is 3.71. The van der Waals surface area contributed by atoms with Gasteiger partial charge in [0.2, 0.25) is 5.95 Å². The van der Waals surface area contributed by atoms with Crippen LogP contribution in [0.2, 0.25) is 0 Å². The average Bonchev–Trinajstić information content (AvgIpc) is 2.99. The van der Waals surface area contributed by atoms with Gasteiger partial charge in [-0.15, -0.1) is 11.3 Å². The maximum absolute atomic E-state index is 13.6. The summed E-state index contributed by atoms with van der Waals surface area (Å²) >= 11 is 1.53. The highest BCUT2D eigenvalue weighted by Gasteiger charge is 2.11. The van der Waals surface area contributed by atoms with Crippen molar-refractivity contribution in [2.24, 2.45) is 12.1 Å². The van der Waals surface area contributed by atoms with Gasteiger partial charge in [-0.3, -0.25) is 4.79 Å². The Balaban J connectivity index is 2.04. The summed E-state index contributed by atoms with van der Waals surface area (Å²) in [4.78, 5) is 12.9. The van der Waals surface area contributed by atoms with Gasteiger partial charge >= 0.3 is 0 Å². The van der Waals surface area contributed by atoms with Gasteiger partial charge in [0.1, 0.15) is 0 Å². The minimum Gasteiger partial charge on any atom is -0.267 e. The highest BCUT2D eigenvalue weighted by Crippen LogP contribution is 2.15. The monoisotopic (exact) mass is 294 g/mol. The van der Waals surface area contributed by atoms with E-state index in [0.717, 1.165) is 16.0 Å². The van der Waals surface area contributed by atoms with Crippen molar-refractivity contribution < 1.29 is 9.18 Å². The highest BCUT2D eigenvalue weighted by molar-refractivity contribution is 7.10. The second-order valence-electron chi connectivity index (χ2n) is 4.27. The molecule has 106 valence electrons. The van der Waals surface area contributed by atoms with Crippen LogP contribution in [0.3, 0.4) is 0 Å². The van der Waals surface area contributed by atoms with Crippen LogP contribution in [0.1, 0.15) is 33.4 Å². The second kappa shape index (κ2) is 5.96. The smallest absolute Gasteiger partial charge is 0.267 e. The zero-order valence-electron chi connectivity index (χ0n) is 11.5. The van der Waals surface area contributed by atoms with E-state index in [4.69, 9.17) is 0 Å². The molecule has 20 heavy (non-hydrogen) atoms. The van der Waals surface area contributed by atoms with Crippen molar-refractivity contribution in [3.05, 3.63) is 39.1 Å². The van der Waals surface area contributed by atoms with Crippen LogP contribution < -0.4 is 5.43 Å². The molecule has 0 aliphatic heterocycles. The van der Waals surface area contributed by atoms with Crippen LogP contribution in [0, 0.1) is 12.9 Å². The van der Waals surface area contributed by atoms with Crippen molar-refractivity contribution >= 4 is 23.5 Å². The Hall–Kier alpha value is -2.02. The van der Waals surface area contributed by atoms with Gasteiger partial charge in [-0.25, -0.2) is 10.1 Å². The minimum atomic E-state index is -0.482. The van der Waals surface area contributed by atoms with Crippen LogP contribution in [-0.2, 0) is 13.5 Å². The number of hydrogen-bond donors (Lipinski definition) is 1. The van der Waals surface area contributed by atoms with Crippen LogP contribution >= 0.6 is 11.3 Å². The molecule has 1 amide bonds. The van der Waals surface area contributed by atoms with Gasteiger partial charge in [-0.1, -0.05) is 6.92 Å². The number of carbonyl (C=O) groups is 1. The Morgan fingerprint density at radius 2 is 2.40 bits per heavy atom. The van der Waals surface area contributed by atoms with Gasteiger partial charge in [0, 0.05) is 17.3 Å². The van der Waals surface area contributed by atoms with Gasteiger partial charge in [-0.05, 0) is 19.4 Å². The number of aromatic nitrogens is 2. The van der Waals surface area contributed by atoms with E-state index in [0.29, 0.717) is 11.3 Å². The molecule has 2 rings (SSSR count). The fraction of sp³-hybridized carbons (Fsp3) is 0.308. The van der Waals surface area contributed by atoms with E-state index in [9.17, 15) is 9.18 Å². The van der Waals surface area contributed by atoms with Crippen molar-refractivity contribution in [2.75, 3.05) is 0 Å². The number of carbonyl (C=O) groups excluding carboxylic acids is 1. The molecule has 2 heterocycles. The molecule has 0 bridgehead atoms. The van der Waals surface area contributed by atoms with Crippen molar-refractivity contribution in [1.29, 1.82) is 0 Å². The van der Waals surface area contributed by atoms with Crippen LogP contribution in [0.5, 0.6) is 0 Å². The number of hydrogen-bond acceptors (Lipinski definition) is 4. The third-order valence-corrected chi connectivity index (χ3v) is 3.90. The summed E-state index contributed by atoms with van der Waals surface area (Å²) in [5.74, 6) is -0.788. The van der Waals surface area contributed by atoms with Crippen LogP contribution in [0.15, 0.2) is 16.5 Å². The predicted octanol–water partition coefficient (Wildman–Crippen LogP) is 2.26. The zero-order valence-corrected chi connectivity index (χ0v) is 12.3. The molecule has 0 fully saturated rings. The SMILES string of the molecule is CCc1cc(C(=O)N/N=C/c2c(C)nn(C)c2F)cs1. The Morgan fingerprint density at radius 3 is 2.95 bits per heavy atom. The zero-order chi connectivity index (χ0) is 14.7. The molecule has 0 aliphatic carbocycles. The molecule has 2 aromatic rings. The first kappa shape index (κ1) is 14.4. The van der Waals surface area contributed by atoms with E-state index in [-0.39, 0.29) is 11.5 Å². The molecule has 5 nitrogen and oxygen atoms in total. The molecule has 0 aliphatic rings. The lowest BCUT2D eigenvalue weighted by Crippen LogP contribution is -2.16. The molecule has 0 unspecified atom stereocenters. The van der Waals surface area contributed by atoms with Crippen molar-refractivity contribution in [3.8, 4) is 0 Å². The molecule has 7 heteroatoms. The number of nitrogens with zero attached hydrogens (tertiary/aromatic N) is 3. The summed E-state index contributed by atoms with van der Waals surface area (Å²) in [5, 5.41) is 9.47. The number of nitrogens with one attached hydrogen (secondary N) is 1. The van der Waals surface area contributed by atoms with Crippen LogP contribution in [-0.4, -0.2) is 21.9 Å². The maximum Gasteiger partial charge on any atom is 0.272 e. The maximum atomic E-state index is 13.6.